The molecule has 0 aliphatic rings. The molecular formula is C7H14O2. The maximum atomic E-state index is 9.09. The average Bonchev–Trinajstić information content (AvgIpc) is 1.87. The van der Waals surface area contributed by atoms with Gasteiger partial charge in [0, 0.05) is 12.5 Å². The minimum Gasteiger partial charge on any atom is -0.396 e. The van der Waals surface area contributed by atoms with E-state index in [1.54, 1.807) is 13.0 Å². The molecule has 0 aromatic heterocycles. The van der Waals surface area contributed by atoms with Gasteiger partial charge >= 0.3 is 0 Å². The summed E-state index contributed by atoms with van der Waals surface area (Å²) < 4.78 is 0. The minimum atomic E-state index is -0.438. The van der Waals surface area contributed by atoms with E-state index in [0.717, 1.165) is 0 Å². The first-order valence-electron chi connectivity index (χ1n) is 3.12. The molecule has 0 spiro atoms. The van der Waals surface area contributed by atoms with Gasteiger partial charge in [-0.1, -0.05) is 13.0 Å². The van der Waals surface area contributed by atoms with Crippen LogP contribution in [-0.2, 0) is 0 Å². The summed E-state index contributed by atoms with van der Waals surface area (Å²) in [4.78, 5) is 0. The van der Waals surface area contributed by atoms with Gasteiger partial charge in [-0.2, -0.15) is 0 Å². The molecule has 54 valence electrons. The van der Waals surface area contributed by atoms with Crippen LogP contribution in [0, 0.1) is 5.92 Å². The Morgan fingerprint density at radius 2 is 2.22 bits per heavy atom. The van der Waals surface area contributed by atoms with Gasteiger partial charge in [0.05, 0.1) is 6.10 Å². The van der Waals surface area contributed by atoms with Crippen LogP contribution in [0.25, 0.3) is 0 Å². The highest BCUT2D eigenvalue weighted by Gasteiger charge is 2.09. The fraction of sp³-hybridized carbons (Fsp3) is 0.714. The van der Waals surface area contributed by atoms with Gasteiger partial charge < -0.3 is 10.2 Å². The normalized spacial score (nSPS) is 16.8. The Morgan fingerprint density at radius 1 is 1.67 bits per heavy atom. The van der Waals surface area contributed by atoms with Crippen molar-refractivity contribution in [1.29, 1.82) is 0 Å². The summed E-state index contributed by atoms with van der Waals surface area (Å²) in [7, 11) is 0. The molecule has 9 heavy (non-hydrogen) atoms. The second kappa shape index (κ2) is 4.53. The SMILES string of the molecule is C=CC[C@H](O)[C@H](C)CO. The lowest BCUT2D eigenvalue weighted by atomic mass is 10.0. The van der Waals surface area contributed by atoms with Crippen LogP contribution in [0.2, 0.25) is 0 Å². The van der Waals surface area contributed by atoms with Crippen LogP contribution in [-0.4, -0.2) is 22.9 Å². The molecule has 2 heteroatoms. The number of rotatable bonds is 4. The highest BCUT2D eigenvalue weighted by atomic mass is 16.3. The highest BCUT2D eigenvalue weighted by Crippen LogP contribution is 2.05. The average molecular weight is 130 g/mol. The third-order valence-electron chi connectivity index (χ3n) is 1.35. The van der Waals surface area contributed by atoms with Crippen LogP contribution in [0.1, 0.15) is 13.3 Å². The standard InChI is InChI=1S/C7H14O2/c1-3-4-7(9)6(2)5-8/h3,6-9H,1,4-5H2,2H3/t6-,7+/m1/s1. The summed E-state index contributed by atoms with van der Waals surface area (Å²) >= 11 is 0. The maximum absolute atomic E-state index is 9.09. The van der Waals surface area contributed by atoms with Crippen molar-refractivity contribution in [3.63, 3.8) is 0 Å². The lowest BCUT2D eigenvalue weighted by Gasteiger charge is -2.13. The molecule has 0 heterocycles. The van der Waals surface area contributed by atoms with Crippen LogP contribution >= 0.6 is 0 Å². The summed E-state index contributed by atoms with van der Waals surface area (Å²) in [5, 5.41) is 17.6. The second-order valence-electron chi connectivity index (χ2n) is 2.25. The first-order chi connectivity index (χ1) is 4.22. The lowest BCUT2D eigenvalue weighted by molar-refractivity contribution is 0.0795. The van der Waals surface area contributed by atoms with Gasteiger partial charge in [-0.15, -0.1) is 6.58 Å². The topological polar surface area (TPSA) is 40.5 Å². The summed E-state index contributed by atoms with van der Waals surface area (Å²) in [5.41, 5.74) is 0. The summed E-state index contributed by atoms with van der Waals surface area (Å²) in [6, 6.07) is 0. The fourth-order valence-corrected chi connectivity index (χ4v) is 0.525. The van der Waals surface area contributed by atoms with E-state index < -0.39 is 6.10 Å². The predicted octanol–water partition coefficient (Wildman–Crippen LogP) is 0.552. The van der Waals surface area contributed by atoms with Crippen molar-refractivity contribution in [3.05, 3.63) is 12.7 Å². The number of hydrogen-bond donors (Lipinski definition) is 2. The zero-order chi connectivity index (χ0) is 7.28. The Morgan fingerprint density at radius 3 is 2.56 bits per heavy atom. The maximum Gasteiger partial charge on any atom is 0.0621 e. The van der Waals surface area contributed by atoms with E-state index in [1.165, 1.54) is 0 Å². The van der Waals surface area contributed by atoms with Gasteiger partial charge in [0.1, 0.15) is 0 Å². The molecule has 2 N–H and O–H groups in total. The van der Waals surface area contributed by atoms with Crippen molar-refractivity contribution in [3.8, 4) is 0 Å². The molecule has 0 fully saturated rings. The molecule has 0 aliphatic heterocycles. The van der Waals surface area contributed by atoms with Crippen molar-refractivity contribution in [2.75, 3.05) is 6.61 Å². The third-order valence-corrected chi connectivity index (χ3v) is 1.35. The monoisotopic (exact) mass is 130 g/mol. The van der Waals surface area contributed by atoms with Crippen LogP contribution in [0.5, 0.6) is 0 Å². The quantitative estimate of drug-likeness (QED) is 0.546. The molecular weight excluding hydrogens is 116 g/mol. The van der Waals surface area contributed by atoms with E-state index >= 15 is 0 Å². The van der Waals surface area contributed by atoms with Crippen LogP contribution < -0.4 is 0 Å². The summed E-state index contributed by atoms with van der Waals surface area (Å²) in [5.74, 6) is -0.0389. The Balaban J connectivity index is 3.44. The van der Waals surface area contributed by atoms with E-state index in [9.17, 15) is 0 Å². The molecule has 0 aromatic carbocycles. The molecule has 2 nitrogen and oxygen atoms in total. The van der Waals surface area contributed by atoms with Gasteiger partial charge in [0.25, 0.3) is 0 Å². The van der Waals surface area contributed by atoms with Crippen LogP contribution in [0.15, 0.2) is 12.7 Å². The Hall–Kier alpha value is -0.340. The minimum absolute atomic E-state index is 0.0367. The van der Waals surface area contributed by atoms with Gasteiger partial charge in [-0.25, -0.2) is 0 Å². The number of aliphatic hydroxyl groups is 2. The zero-order valence-corrected chi connectivity index (χ0v) is 5.75. The molecule has 0 unspecified atom stereocenters. The van der Waals surface area contributed by atoms with Crippen molar-refractivity contribution in [1.82, 2.24) is 0 Å². The smallest absolute Gasteiger partial charge is 0.0621 e. The van der Waals surface area contributed by atoms with Crippen molar-refractivity contribution in [2.24, 2.45) is 5.92 Å². The molecule has 0 amide bonds. The van der Waals surface area contributed by atoms with Crippen LogP contribution in [0.4, 0.5) is 0 Å². The van der Waals surface area contributed by atoms with E-state index in [2.05, 4.69) is 6.58 Å². The van der Waals surface area contributed by atoms with Crippen LogP contribution in [0.3, 0.4) is 0 Å². The fourth-order valence-electron chi connectivity index (χ4n) is 0.525. The van der Waals surface area contributed by atoms with Crippen molar-refractivity contribution < 1.29 is 10.2 Å². The lowest BCUT2D eigenvalue weighted by Crippen LogP contribution is -2.19. The molecule has 0 aliphatic carbocycles. The second-order valence-corrected chi connectivity index (χ2v) is 2.25. The van der Waals surface area contributed by atoms with Crippen molar-refractivity contribution in [2.45, 2.75) is 19.4 Å². The third kappa shape index (κ3) is 3.27. The van der Waals surface area contributed by atoms with Gasteiger partial charge in [0.15, 0.2) is 0 Å². The summed E-state index contributed by atoms with van der Waals surface area (Å²) in [6.07, 6.45) is 1.77. The zero-order valence-electron chi connectivity index (χ0n) is 5.75. The number of hydrogen-bond acceptors (Lipinski definition) is 2. The van der Waals surface area contributed by atoms with Gasteiger partial charge in [-0.05, 0) is 6.42 Å². The van der Waals surface area contributed by atoms with E-state index in [4.69, 9.17) is 10.2 Å². The molecule has 0 saturated heterocycles. The predicted molar refractivity (Wildman–Crippen MR) is 37.1 cm³/mol. The first-order valence-corrected chi connectivity index (χ1v) is 3.12. The number of aliphatic hydroxyl groups excluding tert-OH is 2. The molecule has 0 radical (unpaired) electrons. The molecule has 0 saturated carbocycles. The Bertz CT molecular complexity index is 81.0. The molecule has 0 aromatic rings. The van der Waals surface area contributed by atoms with E-state index in [0.29, 0.717) is 6.42 Å². The molecule has 0 bridgehead atoms. The highest BCUT2D eigenvalue weighted by molar-refractivity contribution is 4.75. The van der Waals surface area contributed by atoms with E-state index in [1.807, 2.05) is 0 Å². The molecule has 2 atom stereocenters. The molecule has 0 rings (SSSR count). The Labute approximate surface area is 55.8 Å². The first kappa shape index (κ1) is 8.66. The van der Waals surface area contributed by atoms with Gasteiger partial charge in [0.2, 0.25) is 0 Å². The van der Waals surface area contributed by atoms with Gasteiger partial charge in [-0.3, -0.25) is 0 Å². The Kier molecular flexibility index (Phi) is 4.36. The summed E-state index contributed by atoms with van der Waals surface area (Å²) in [6.45, 7) is 5.31. The van der Waals surface area contributed by atoms with Crippen molar-refractivity contribution >= 4 is 0 Å². The van der Waals surface area contributed by atoms with E-state index in [-0.39, 0.29) is 12.5 Å². The largest absolute Gasteiger partial charge is 0.396 e.